The fraction of sp³-hybridized carbons (Fsp3) is 0.571. The Bertz CT molecular complexity index is 340. The van der Waals surface area contributed by atoms with Crippen molar-refractivity contribution in [3.8, 4) is 0 Å². The number of hydrogen-bond donors (Lipinski definition) is 0. The maximum atomic E-state index is 3.48. The average Bonchev–Trinajstić information content (AvgIpc) is 2.30. The van der Waals surface area contributed by atoms with Gasteiger partial charge in [0.05, 0.1) is 0 Å². The SMILES string of the molecule is CC(C)CN1CCN(c2ccc(Br)cc2)CC1. The van der Waals surface area contributed by atoms with Crippen molar-refractivity contribution >= 4 is 21.6 Å². The molecule has 1 aromatic carbocycles. The highest BCUT2D eigenvalue weighted by atomic mass is 79.9. The van der Waals surface area contributed by atoms with Crippen LogP contribution in [0.25, 0.3) is 0 Å². The molecule has 17 heavy (non-hydrogen) atoms. The molecule has 0 bridgehead atoms. The van der Waals surface area contributed by atoms with Crippen molar-refractivity contribution in [2.24, 2.45) is 5.92 Å². The number of rotatable bonds is 3. The second-order valence-electron chi connectivity index (χ2n) is 5.16. The normalized spacial score (nSPS) is 17.8. The van der Waals surface area contributed by atoms with Crippen molar-refractivity contribution in [1.29, 1.82) is 0 Å². The molecule has 0 saturated carbocycles. The van der Waals surface area contributed by atoms with Gasteiger partial charge in [-0.05, 0) is 30.2 Å². The van der Waals surface area contributed by atoms with Crippen LogP contribution in [0.4, 0.5) is 5.69 Å². The van der Waals surface area contributed by atoms with E-state index in [-0.39, 0.29) is 0 Å². The van der Waals surface area contributed by atoms with E-state index in [2.05, 4.69) is 63.8 Å². The molecule has 2 nitrogen and oxygen atoms in total. The summed E-state index contributed by atoms with van der Waals surface area (Å²) in [6.07, 6.45) is 0. The van der Waals surface area contributed by atoms with Gasteiger partial charge < -0.3 is 4.90 Å². The maximum absolute atomic E-state index is 3.48. The molecule has 0 aliphatic carbocycles. The molecule has 0 amide bonds. The van der Waals surface area contributed by atoms with E-state index < -0.39 is 0 Å². The van der Waals surface area contributed by atoms with Crippen LogP contribution < -0.4 is 4.90 Å². The van der Waals surface area contributed by atoms with Crippen LogP contribution in [0.2, 0.25) is 0 Å². The van der Waals surface area contributed by atoms with Gasteiger partial charge in [0.2, 0.25) is 0 Å². The maximum Gasteiger partial charge on any atom is 0.0367 e. The lowest BCUT2D eigenvalue weighted by Crippen LogP contribution is -2.47. The van der Waals surface area contributed by atoms with E-state index in [0.717, 1.165) is 23.5 Å². The van der Waals surface area contributed by atoms with Crippen molar-refractivity contribution in [2.45, 2.75) is 13.8 Å². The van der Waals surface area contributed by atoms with Crippen LogP contribution >= 0.6 is 15.9 Å². The minimum absolute atomic E-state index is 0.772. The molecule has 1 fully saturated rings. The van der Waals surface area contributed by atoms with Crippen molar-refractivity contribution in [3.05, 3.63) is 28.7 Å². The summed E-state index contributed by atoms with van der Waals surface area (Å²) in [5.41, 5.74) is 1.34. The number of nitrogens with zero attached hydrogens (tertiary/aromatic N) is 2. The third kappa shape index (κ3) is 3.71. The quantitative estimate of drug-likeness (QED) is 0.845. The molecule has 1 aliphatic heterocycles. The van der Waals surface area contributed by atoms with Crippen molar-refractivity contribution < 1.29 is 0 Å². The average molecular weight is 297 g/mol. The number of piperazine rings is 1. The van der Waals surface area contributed by atoms with Crippen molar-refractivity contribution in [1.82, 2.24) is 4.90 Å². The molecule has 0 radical (unpaired) electrons. The van der Waals surface area contributed by atoms with E-state index in [4.69, 9.17) is 0 Å². The first-order valence-electron chi connectivity index (χ1n) is 6.38. The van der Waals surface area contributed by atoms with Crippen LogP contribution in [-0.2, 0) is 0 Å². The molecule has 1 aliphatic rings. The predicted molar refractivity (Wildman–Crippen MR) is 77.6 cm³/mol. The summed E-state index contributed by atoms with van der Waals surface area (Å²) in [6.45, 7) is 10.5. The zero-order valence-corrected chi connectivity index (χ0v) is 12.3. The Morgan fingerprint density at radius 2 is 1.65 bits per heavy atom. The molecule has 0 spiro atoms. The number of halogens is 1. The van der Waals surface area contributed by atoms with Gasteiger partial charge >= 0.3 is 0 Å². The molecule has 2 rings (SSSR count). The summed E-state index contributed by atoms with van der Waals surface area (Å²) in [6, 6.07) is 8.63. The molecule has 1 aromatic rings. The molecule has 1 heterocycles. The van der Waals surface area contributed by atoms with E-state index in [1.165, 1.54) is 25.3 Å². The lowest BCUT2D eigenvalue weighted by molar-refractivity contribution is 0.231. The summed E-state index contributed by atoms with van der Waals surface area (Å²) in [4.78, 5) is 5.04. The van der Waals surface area contributed by atoms with Gasteiger partial charge in [-0.15, -0.1) is 0 Å². The zero-order chi connectivity index (χ0) is 12.3. The summed E-state index contributed by atoms with van der Waals surface area (Å²) in [5, 5.41) is 0. The molecule has 0 N–H and O–H groups in total. The number of benzene rings is 1. The summed E-state index contributed by atoms with van der Waals surface area (Å²) in [5.74, 6) is 0.772. The molecule has 0 aromatic heterocycles. The second-order valence-corrected chi connectivity index (χ2v) is 6.07. The van der Waals surface area contributed by atoms with Gasteiger partial charge in [-0.1, -0.05) is 29.8 Å². The Morgan fingerprint density at radius 3 is 2.18 bits per heavy atom. The molecular formula is C14H21BrN2. The molecule has 3 heteroatoms. The number of hydrogen-bond acceptors (Lipinski definition) is 2. The minimum atomic E-state index is 0.772. The topological polar surface area (TPSA) is 6.48 Å². The minimum Gasteiger partial charge on any atom is -0.369 e. The van der Waals surface area contributed by atoms with E-state index in [9.17, 15) is 0 Å². The molecule has 94 valence electrons. The largest absolute Gasteiger partial charge is 0.369 e. The Kier molecular flexibility index (Phi) is 4.46. The summed E-state index contributed by atoms with van der Waals surface area (Å²) >= 11 is 3.48. The monoisotopic (exact) mass is 296 g/mol. The van der Waals surface area contributed by atoms with Crippen molar-refractivity contribution in [2.75, 3.05) is 37.6 Å². The fourth-order valence-electron chi connectivity index (χ4n) is 2.36. The second kappa shape index (κ2) is 5.87. The van der Waals surface area contributed by atoms with Gasteiger partial charge in [-0.3, -0.25) is 4.90 Å². The predicted octanol–water partition coefficient (Wildman–Crippen LogP) is 3.23. The highest BCUT2D eigenvalue weighted by molar-refractivity contribution is 9.10. The van der Waals surface area contributed by atoms with Gasteiger partial charge in [-0.25, -0.2) is 0 Å². The van der Waals surface area contributed by atoms with Crippen molar-refractivity contribution in [3.63, 3.8) is 0 Å². The summed E-state index contributed by atoms with van der Waals surface area (Å²) < 4.78 is 1.15. The van der Waals surface area contributed by atoms with E-state index in [1.54, 1.807) is 0 Å². The van der Waals surface area contributed by atoms with Crippen LogP contribution in [0.5, 0.6) is 0 Å². The van der Waals surface area contributed by atoms with Crippen LogP contribution in [0, 0.1) is 5.92 Å². The Hall–Kier alpha value is -0.540. The third-order valence-corrected chi connectivity index (χ3v) is 3.72. The zero-order valence-electron chi connectivity index (χ0n) is 10.7. The third-order valence-electron chi connectivity index (χ3n) is 3.19. The van der Waals surface area contributed by atoms with Crippen LogP contribution in [0.15, 0.2) is 28.7 Å². The van der Waals surface area contributed by atoms with Gasteiger partial charge in [-0.2, -0.15) is 0 Å². The van der Waals surface area contributed by atoms with Crippen LogP contribution in [0.1, 0.15) is 13.8 Å². The highest BCUT2D eigenvalue weighted by Crippen LogP contribution is 2.19. The highest BCUT2D eigenvalue weighted by Gasteiger charge is 2.17. The first-order chi connectivity index (χ1) is 8.15. The molecule has 0 unspecified atom stereocenters. The summed E-state index contributed by atoms with van der Waals surface area (Å²) in [7, 11) is 0. The Balaban J connectivity index is 1.88. The first-order valence-corrected chi connectivity index (χ1v) is 7.17. The fourth-order valence-corrected chi connectivity index (χ4v) is 2.62. The van der Waals surface area contributed by atoms with Gasteiger partial charge in [0.25, 0.3) is 0 Å². The van der Waals surface area contributed by atoms with E-state index in [0.29, 0.717) is 0 Å². The lowest BCUT2D eigenvalue weighted by atomic mass is 10.2. The smallest absolute Gasteiger partial charge is 0.0367 e. The van der Waals surface area contributed by atoms with Gasteiger partial charge in [0.15, 0.2) is 0 Å². The first kappa shape index (κ1) is 12.9. The van der Waals surface area contributed by atoms with Crippen LogP contribution in [-0.4, -0.2) is 37.6 Å². The lowest BCUT2D eigenvalue weighted by Gasteiger charge is -2.36. The van der Waals surface area contributed by atoms with Crippen LogP contribution in [0.3, 0.4) is 0 Å². The molecular weight excluding hydrogens is 276 g/mol. The molecule has 1 saturated heterocycles. The van der Waals surface area contributed by atoms with Gasteiger partial charge in [0.1, 0.15) is 0 Å². The Morgan fingerprint density at radius 1 is 1.06 bits per heavy atom. The molecule has 0 atom stereocenters. The van der Waals surface area contributed by atoms with Gasteiger partial charge in [0, 0.05) is 42.9 Å². The standard InChI is InChI=1S/C14H21BrN2/c1-12(2)11-16-7-9-17(10-8-16)14-5-3-13(15)4-6-14/h3-6,12H,7-11H2,1-2H3. The van der Waals surface area contributed by atoms with E-state index in [1.807, 2.05) is 0 Å². The number of anilines is 1. The Labute approximate surface area is 113 Å². The van der Waals surface area contributed by atoms with E-state index >= 15 is 0 Å².